The first-order valence-electron chi connectivity index (χ1n) is 6.79. The van der Waals surface area contributed by atoms with Gasteiger partial charge in [-0.25, -0.2) is 9.66 Å². The SMILES string of the molecule is Cc1nc2sccc2c(=O)n1NC(=O)c1ccc(OC(F)F)cc1. The molecular weight excluding hydrogens is 340 g/mol. The van der Waals surface area contributed by atoms with Crippen molar-refractivity contribution in [2.24, 2.45) is 0 Å². The van der Waals surface area contributed by atoms with Gasteiger partial charge < -0.3 is 4.74 Å². The molecule has 0 radical (unpaired) electrons. The second-order valence-electron chi connectivity index (χ2n) is 4.78. The first-order chi connectivity index (χ1) is 11.5. The summed E-state index contributed by atoms with van der Waals surface area (Å²) in [5, 5.41) is 2.15. The van der Waals surface area contributed by atoms with Crippen LogP contribution in [0.1, 0.15) is 16.2 Å². The number of amides is 1. The average molecular weight is 351 g/mol. The molecule has 0 aliphatic carbocycles. The first-order valence-corrected chi connectivity index (χ1v) is 7.67. The summed E-state index contributed by atoms with van der Waals surface area (Å²) >= 11 is 1.33. The van der Waals surface area contributed by atoms with Gasteiger partial charge in [0.05, 0.1) is 5.39 Å². The average Bonchev–Trinajstić information content (AvgIpc) is 2.99. The fourth-order valence-electron chi connectivity index (χ4n) is 2.10. The summed E-state index contributed by atoms with van der Waals surface area (Å²) in [6.45, 7) is -1.34. The van der Waals surface area contributed by atoms with Crippen molar-refractivity contribution in [3.63, 3.8) is 0 Å². The zero-order valence-corrected chi connectivity index (χ0v) is 13.1. The maximum Gasteiger partial charge on any atom is 0.387 e. The maximum absolute atomic E-state index is 12.4. The lowest BCUT2D eigenvalue weighted by molar-refractivity contribution is -0.0498. The largest absolute Gasteiger partial charge is 0.435 e. The van der Waals surface area contributed by atoms with E-state index in [1.54, 1.807) is 18.4 Å². The fraction of sp³-hybridized carbons (Fsp3) is 0.133. The molecule has 0 saturated carbocycles. The Kier molecular flexibility index (Phi) is 4.26. The Bertz CT molecular complexity index is 951. The number of benzene rings is 1. The van der Waals surface area contributed by atoms with Crippen molar-refractivity contribution in [1.29, 1.82) is 0 Å². The molecule has 9 heteroatoms. The van der Waals surface area contributed by atoms with E-state index in [1.807, 2.05) is 0 Å². The molecule has 0 fully saturated rings. The monoisotopic (exact) mass is 351 g/mol. The number of hydrogen-bond acceptors (Lipinski definition) is 5. The lowest BCUT2D eigenvalue weighted by Gasteiger charge is -2.11. The van der Waals surface area contributed by atoms with Gasteiger partial charge in [-0.05, 0) is 42.6 Å². The van der Waals surface area contributed by atoms with Crippen LogP contribution in [0, 0.1) is 6.92 Å². The molecule has 124 valence electrons. The Morgan fingerprint density at radius 1 is 1.29 bits per heavy atom. The van der Waals surface area contributed by atoms with E-state index in [1.165, 1.54) is 35.6 Å². The van der Waals surface area contributed by atoms with Crippen LogP contribution in [-0.4, -0.2) is 22.2 Å². The molecule has 0 bridgehead atoms. The number of nitrogens with one attached hydrogen (secondary N) is 1. The number of thiophene rings is 1. The Labute approximate surface area is 138 Å². The highest BCUT2D eigenvalue weighted by Gasteiger charge is 2.13. The molecule has 0 saturated heterocycles. The molecule has 1 amide bonds. The number of ether oxygens (including phenoxy) is 1. The van der Waals surface area contributed by atoms with Crippen LogP contribution < -0.4 is 15.7 Å². The molecule has 0 aliphatic heterocycles. The second kappa shape index (κ2) is 6.36. The summed E-state index contributed by atoms with van der Waals surface area (Å²) in [6.07, 6.45) is 0. The Morgan fingerprint density at radius 2 is 2.00 bits per heavy atom. The van der Waals surface area contributed by atoms with Gasteiger partial charge in [0.25, 0.3) is 11.5 Å². The third kappa shape index (κ3) is 3.11. The van der Waals surface area contributed by atoms with Gasteiger partial charge in [-0.15, -0.1) is 11.3 Å². The molecule has 1 aromatic carbocycles. The van der Waals surface area contributed by atoms with E-state index in [-0.39, 0.29) is 16.9 Å². The van der Waals surface area contributed by atoms with Crippen molar-refractivity contribution < 1.29 is 18.3 Å². The van der Waals surface area contributed by atoms with E-state index in [9.17, 15) is 18.4 Å². The summed E-state index contributed by atoms with van der Waals surface area (Å²) in [5.41, 5.74) is 2.26. The number of halogens is 2. The van der Waals surface area contributed by atoms with Crippen molar-refractivity contribution in [2.45, 2.75) is 13.5 Å². The predicted octanol–water partition coefficient (Wildman–Crippen LogP) is 2.75. The molecule has 6 nitrogen and oxygen atoms in total. The van der Waals surface area contributed by atoms with Gasteiger partial charge in [-0.1, -0.05) is 0 Å². The van der Waals surface area contributed by atoms with Gasteiger partial charge in [0.2, 0.25) is 0 Å². The third-order valence-electron chi connectivity index (χ3n) is 3.22. The molecule has 1 N–H and O–H groups in total. The molecule has 0 aliphatic rings. The van der Waals surface area contributed by atoms with Crippen LogP contribution in [0.5, 0.6) is 5.75 Å². The highest BCUT2D eigenvalue weighted by Crippen LogP contribution is 2.16. The van der Waals surface area contributed by atoms with Crippen LogP contribution in [0.15, 0.2) is 40.5 Å². The molecular formula is C15H11F2N3O3S. The summed E-state index contributed by atoms with van der Waals surface area (Å²) in [7, 11) is 0. The number of aromatic nitrogens is 2. The minimum absolute atomic E-state index is 0.0590. The second-order valence-corrected chi connectivity index (χ2v) is 5.68. The number of alkyl halides is 2. The topological polar surface area (TPSA) is 73.2 Å². The summed E-state index contributed by atoms with van der Waals surface area (Å²) in [5.74, 6) is -0.294. The Morgan fingerprint density at radius 3 is 2.67 bits per heavy atom. The van der Waals surface area contributed by atoms with E-state index in [4.69, 9.17) is 0 Å². The zero-order valence-electron chi connectivity index (χ0n) is 12.3. The van der Waals surface area contributed by atoms with Gasteiger partial charge >= 0.3 is 6.61 Å². The van der Waals surface area contributed by atoms with Crippen molar-refractivity contribution in [2.75, 3.05) is 5.43 Å². The minimum Gasteiger partial charge on any atom is -0.435 e. The van der Waals surface area contributed by atoms with Gasteiger partial charge in [0, 0.05) is 5.56 Å². The van der Waals surface area contributed by atoms with E-state index in [0.29, 0.717) is 16.0 Å². The van der Waals surface area contributed by atoms with Gasteiger partial charge in [-0.3, -0.25) is 15.0 Å². The van der Waals surface area contributed by atoms with Crippen LogP contribution in [-0.2, 0) is 0 Å². The van der Waals surface area contributed by atoms with Crippen LogP contribution in [0.3, 0.4) is 0 Å². The summed E-state index contributed by atoms with van der Waals surface area (Å²) in [6, 6.07) is 6.77. The van der Waals surface area contributed by atoms with Crippen LogP contribution in [0.2, 0.25) is 0 Å². The molecule has 0 unspecified atom stereocenters. The molecule has 3 rings (SSSR count). The minimum atomic E-state index is -2.94. The smallest absolute Gasteiger partial charge is 0.387 e. The Hall–Kier alpha value is -2.81. The number of hydrogen-bond donors (Lipinski definition) is 1. The normalized spacial score (nSPS) is 11.0. The zero-order chi connectivity index (χ0) is 17.3. The molecule has 2 aromatic heterocycles. The highest BCUT2D eigenvalue weighted by atomic mass is 32.1. The first kappa shape index (κ1) is 16.1. The molecule has 0 spiro atoms. The van der Waals surface area contributed by atoms with E-state index in [2.05, 4.69) is 15.1 Å². The number of nitrogens with zero attached hydrogens (tertiary/aromatic N) is 2. The van der Waals surface area contributed by atoms with Crippen molar-refractivity contribution in [1.82, 2.24) is 9.66 Å². The molecule has 3 aromatic rings. The number of rotatable bonds is 4. The van der Waals surface area contributed by atoms with Crippen molar-refractivity contribution in [3.8, 4) is 5.75 Å². The number of aryl methyl sites for hydroxylation is 1. The standard InChI is InChI=1S/C15H11F2N3O3S/c1-8-18-13-11(6-7-24-13)14(22)20(8)19-12(21)9-2-4-10(5-3-9)23-15(16)17/h2-7,15H,1H3,(H,19,21). The highest BCUT2D eigenvalue weighted by molar-refractivity contribution is 7.16. The van der Waals surface area contributed by atoms with Gasteiger partial charge in [-0.2, -0.15) is 8.78 Å². The van der Waals surface area contributed by atoms with E-state index >= 15 is 0 Å². The van der Waals surface area contributed by atoms with Crippen LogP contribution in [0.4, 0.5) is 8.78 Å². The number of carbonyl (C=O) groups excluding carboxylic acids is 1. The van der Waals surface area contributed by atoms with E-state index in [0.717, 1.165) is 4.68 Å². The number of carbonyl (C=O) groups is 1. The fourth-order valence-corrected chi connectivity index (χ4v) is 2.90. The lowest BCUT2D eigenvalue weighted by atomic mass is 10.2. The van der Waals surface area contributed by atoms with Crippen LogP contribution >= 0.6 is 11.3 Å². The van der Waals surface area contributed by atoms with Gasteiger partial charge in [0.15, 0.2) is 0 Å². The number of fused-ring (bicyclic) bond motifs is 1. The van der Waals surface area contributed by atoms with E-state index < -0.39 is 12.5 Å². The third-order valence-corrected chi connectivity index (χ3v) is 4.03. The van der Waals surface area contributed by atoms with Gasteiger partial charge in [0.1, 0.15) is 16.4 Å². The summed E-state index contributed by atoms with van der Waals surface area (Å²) in [4.78, 5) is 29.5. The quantitative estimate of drug-likeness (QED) is 0.784. The van der Waals surface area contributed by atoms with Crippen molar-refractivity contribution >= 4 is 27.5 Å². The predicted molar refractivity (Wildman–Crippen MR) is 85.4 cm³/mol. The molecule has 2 heterocycles. The molecule has 0 atom stereocenters. The maximum atomic E-state index is 12.4. The molecule has 24 heavy (non-hydrogen) atoms. The van der Waals surface area contributed by atoms with Crippen LogP contribution in [0.25, 0.3) is 10.2 Å². The lowest BCUT2D eigenvalue weighted by Crippen LogP contribution is -2.35. The van der Waals surface area contributed by atoms with Crippen molar-refractivity contribution in [3.05, 3.63) is 57.5 Å². The Balaban J connectivity index is 1.86. The summed E-state index contributed by atoms with van der Waals surface area (Å²) < 4.78 is 29.5.